The van der Waals surface area contributed by atoms with Crippen molar-refractivity contribution < 1.29 is 14.3 Å². The van der Waals surface area contributed by atoms with Gasteiger partial charge in [-0.1, -0.05) is 29.8 Å². The van der Waals surface area contributed by atoms with Crippen molar-refractivity contribution in [3.05, 3.63) is 27.7 Å². The lowest BCUT2D eigenvalue weighted by molar-refractivity contribution is -0.153. The van der Waals surface area contributed by atoms with Gasteiger partial charge in [-0.05, 0) is 64.8 Å². The number of rotatable bonds is 2. The van der Waals surface area contributed by atoms with Gasteiger partial charge in [0.25, 0.3) is 0 Å². The van der Waals surface area contributed by atoms with Gasteiger partial charge in [0.1, 0.15) is 12.1 Å². The first-order valence-electron chi connectivity index (χ1n) is 8.28. The number of amides is 1. The fourth-order valence-electron chi connectivity index (χ4n) is 2.78. The first-order valence-corrected chi connectivity index (χ1v) is 9.07. The Morgan fingerprint density at radius 2 is 1.79 bits per heavy atom. The van der Waals surface area contributed by atoms with Gasteiger partial charge in [0, 0.05) is 4.47 Å². The molecule has 0 unspecified atom stereocenters. The maximum Gasteiger partial charge on any atom is 0.326 e. The van der Waals surface area contributed by atoms with E-state index in [0.717, 1.165) is 21.3 Å². The molecule has 0 aliphatic carbocycles. The predicted molar refractivity (Wildman–Crippen MR) is 101 cm³/mol. The Labute approximate surface area is 153 Å². The average Bonchev–Trinajstić information content (AvgIpc) is 2.61. The van der Waals surface area contributed by atoms with E-state index in [4.69, 9.17) is 4.74 Å². The number of benzene rings is 1. The normalized spacial score (nSPS) is 15.5. The molecule has 0 saturated heterocycles. The van der Waals surface area contributed by atoms with Crippen molar-refractivity contribution in [3.8, 4) is 0 Å². The molecule has 1 aliphatic rings. The van der Waals surface area contributed by atoms with Crippen LogP contribution >= 0.6 is 15.9 Å². The third-order valence-electron chi connectivity index (χ3n) is 3.70. The van der Waals surface area contributed by atoms with Gasteiger partial charge in [-0.2, -0.15) is 0 Å². The predicted octanol–water partition coefficient (Wildman–Crippen LogP) is 4.75. The summed E-state index contributed by atoms with van der Waals surface area (Å²) in [6.45, 7) is 15.1. The molecular weight excluding hydrogens is 370 g/mol. The lowest BCUT2D eigenvalue weighted by atomic mass is 9.85. The van der Waals surface area contributed by atoms with Gasteiger partial charge < -0.3 is 4.74 Å². The monoisotopic (exact) mass is 397 g/mol. The van der Waals surface area contributed by atoms with Crippen LogP contribution in [0.5, 0.6) is 0 Å². The second kappa shape index (κ2) is 7.26. The highest BCUT2D eigenvalue weighted by Crippen LogP contribution is 2.44. The second-order valence-corrected chi connectivity index (χ2v) is 8.14. The van der Waals surface area contributed by atoms with Crippen molar-refractivity contribution in [2.75, 3.05) is 11.4 Å². The molecule has 0 bridgehead atoms. The second-order valence-electron chi connectivity index (χ2n) is 7.22. The Hall–Kier alpha value is -1.36. The fourth-order valence-corrected chi connectivity index (χ4v) is 3.35. The summed E-state index contributed by atoms with van der Waals surface area (Å²) >= 11 is 3.48. The smallest absolute Gasteiger partial charge is 0.326 e. The van der Waals surface area contributed by atoms with Crippen LogP contribution in [0.25, 0.3) is 0 Å². The third-order valence-corrected chi connectivity index (χ3v) is 4.15. The summed E-state index contributed by atoms with van der Waals surface area (Å²) in [7, 11) is 0. The quantitative estimate of drug-likeness (QED) is 0.676. The van der Waals surface area contributed by atoms with Gasteiger partial charge in [-0.3, -0.25) is 14.5 Å². The van der Waals surface area contributed by atoms with E-state index in [1.807, 2.05) is 67.5 Å². The third kappa shape index (κ3) is 4.18. The van der Waals surface area contributed by atoms with Crippen molar-refractivity contribution in [2.24, 2.45) is 0 Å². The number of ether oxygens (including phenoxy) is 1. The van der Waals surface area contributed by atoms with Crippen LogP contribution in [0.4, 0.5) is 5.69 Å². The number of fused-ring (bicyclic) bond motifs is 1. The zero-order chi connectivity index (χ0) is 18.9. The molecule has 0 saturated carbocycles. The van der Waals surface area contributed by atoms with Crippen LogP contribution in [0.1, 0.15) is 59.6 Å². The van der Waals surface area contributed by atoms with Crippen molar-refractivity contribution in [1.82, 2.24) is 0 Å². The van der Waals surface area contributed by atoms with Gasteiger partial charge >= 0.3 is 5.97 Å². The summed E-state index contributed by atoms with van der Waals surface area (Å²) in [4.78, 5) is 26.4. The van der Waals surface area contributed by atoms with E-state index >= 15 is 0 Å². The number of aryl methyl sites for hydroxylation is 1. The minimum absolute atomic E-state index is 0.0605. The molecule has 2 rings (SSSR count). The first-order chi connectivity index (χ1) is 10.9. The standard InChI is InChI=1S/C17H22BrNO3.C2H6/c1-10-7-11(18)8-12-14(10)19(15(21)17(12,5)6)9-13(20)22-16(2,3)4;1-2/h7-8H,9H2,1-6H3;1-2H3. The number of halogens is 1. The minimum atomic E-state index is -0.647. The van der Waals surface area contributed by atoms with Crippen LogP contribution < -0.4 is 4.90 Å². The molecule has 1 heterocycles. The largest absolute Gasteiger partial charge is 0.459 e. The molecular formula is C19H28BrNO3. The molecule has 4 nitrogen and oxygen atoms in total. The molecule has 1 amide bonds. The zero-order valence-corrected chi connectivity index (χ0v) is 17.5. The van der Waals surface area contributed by atoms with Crippen LogP contribution in [-0.2, 0) is 19.7 Å². The van der Waals surface area contributed by atoms with Gasteiger partial charge in [0.2, 0.25) is 5.91 Å². The van der Waals surface area contributed by atoms with E-state index in [0.29, 0.717) is 0 Å². The van der Waals surface area contributed by atoms with Crippen molar-refractivity contribution >= 4 is 33.5 Å². The van der Waals surface area contributed by atoms with Crippen molar-refractivity contribution in [2.45, 2.75) is 66.4 Å². The van der Waals surface area contributed by atoms with Crippen molar-refractivity contribution in [3.63, 3.8) is 0 Å². The summed E-state index contributed by atoms with van der Waals surface area (Å²) in [6.07, 6.45) is 0. The molecule has 1 aromatic rings. The summed E-state index contributed by atoms with van der Waals surface area (Å²) in [6, 6.07) is 3.91. The molecule has 0 N–H and O–H groups in total. The SMILES string of the molecule is CC.Cc1cc(Br)cc2c1N(CC(=O)OC(C)(C)C)C(=O)C2(C)C. The number of hydrogen-bond donors (Lipinski definition) is 0. The van der Waals surface area contributed by atoms with Crippen LogP contribution in [0, 0.1) is 6.92 Å². The first kappa shape index (κ1) is 20.7. The summed E-state index contributed by atoms with van der Waals surface area (Å²) in [5.74, 6) is -0.471. The Bertz CT molecular complexity index is 645. The van der Waals surface area contributed by atoms with Crippen LogP contribution in [-0.4, -0.2) is 24.0 Å². The number of esters is 1. The average molecular weight is 398 g/mol. The number of carbonyl (C=O) groups excluding carboxylic acids is 2. The van der Waals surface area contributed by atoms with E-state index in [1.54, 1.807) is 4.90 Å². The molecule has 1 aliphatic heterocycles. The highest BCUT2D eigenvalue weighted by Gasteiger charge is 2.45. The van der Waals surface area contributed by atoms with Gasteiger partial charge in [0.05, 0.1) is 11.1 Å². The molecule has 0 radical (unpaired) electrons. The molecule has 1 aromatic carbocycles. The van der Waals surface area contributed by atoms with Crippen LogP contribution in [0.3, 0.4) is 0 Å². The Morgan fingerprint density at radius 3 is 2.29 bits per heavy atom. The van der Waals surface area contributed by atoms with Crippen molar-refractivity contribution in [1.29, 1.82) is 0 Å². The van der Waals surface area contributed by atoms with E-state index in [9.17, 15) is 9.59 Å². The van der Waals surface area contributed by atoms with E-state index in [2.05, 4.69) is 15.9 Å². The van der Waals surface area contributed by atoms with Gasteiger partial charge in [0.15, 0.2) is 0 Å². The zero-order valence-electron chi connectivity index (χ0n) is 15.9. The molecule has 0 atom stereocenters. The Kier molecular flexibility index (Phi) is 6.26. The van der Waals surface area contributed by atoms with E-state index in [-0.39, 0.29) is 12.5 Å². The van der Waals surface area contributed by atoms with E-state index < -0.39 is 17.0 Å². The van der Waals surface area contributed by atoms with Gasteiger partial charge in [-0.15, -0.1) is 0 Å². The summed E-state index contributed by atoms with van der Waals surface area (Å²) in [5.41, 5.74) is 1.52. The molecule has 0 aromatic heterocycles. The molecule has 5 heteroatoms. The number of hydrogen-bond acceptors (Lipinski definition) is 3. The number of anilines is 1. The highest BCUT2D eigenvalue weighted by atomic mass is 79.9. The Morgan fingerprint density at radius 1 is 1.25 bits per heavy atom. The topological polar surface area (TPSA) is 46.6 Å². The minimum Gasteiger partial charge on any atom is -0.459 e. The lowest BCUT2D eigenvalue weighted by Gasteiger charge is -2.24. The number of nitrogens with zero attached hydrogens (tertiary/aromatic N) is 1. The maximum absolute atomic E-state index is 12.8. The molecule has 0 spiro atoms. The maximum atomic E-state index is 12.8. The van der Waals surface area contributed by atoms with E-state index in [1.165, 1.54) is 0 Å². The Balaban J connectivity index is 0.00000139. The number of carbonyl (C=O) groups is 2. The molecule has 0 fully saturated rings. The van der Waals surface area contributed by atoms with Gasteiger partial charge in [-0.25, -0.2) is 0 Å². The van der Waals surface area contributed by atoms with Crippen LogP contribution in [0.15, 0.2) is 16.6 Å². The molecule has 134 valence electrons. The van der Waals surface area contributed by atoms with Crippen LogP contribution in [0.2, 0.25) is 0 Å². The molecule has 24 heavy (non-hydrogen) atoms. The highest BCUT2D eigenvalue weighted by molar-refractivity contribution is 9.10. The fraction of sp³-hybridized carbons (Fsp3) is 0.579. The summed E-state index contributed by atoms with van der Waals surface area (Å²) in [5, 5.41) is 0. The lowest BCUT2D eigenvalue weighted by Crippen LogP contribution is -2.41. The summed E-state index contributed by atoms with van der Waals surface area (Å²) < 4.78 is 6.29.